The summed E-state index contributed by atoms with van der Waals surface area (Å²) in [5.41, 5.74) is 5.27. The number of rotatable bonds is 22. The maximum atomic E-state index is 15.7. The third kappa shape index (κ3) is 16.8. The Balaban J connectivity index is 0.000000145. The first-order valence-corrected chi connectivity index (χ1v) is 38.6. The normalized spacial score (nSPS) is 22.3. The number of likely N-dealkylation sites (tertiary alicyclic amines) is 3. The standard InChI is InChI=1S/2C28H32F5N3O.C28H33F4N3O/c2*1-3-4-9-35-13-18(14-35)27(37)17-11-21(29)24(22(30)12-17)26-25-20(19-7-5-6-8-23(19)34-25)10-16(2)36(26)15-28(31,32)33;1-3-4-9-34-13-18(14-34)28(36)17-11-21(29)25(22(30)12-17)27-26-20(10-16(2)35(27)15-24(31)32)19-7-5-6-8-23(19)33-26/h2*5-8,11-12,16,18,26-27,34,37H,3-4,9-10,13-15H2,1-2H3;5-8,11-12,16,18,24,27-28,33,36H,3-4,9-10,13-15H2,1-2H3/t16-,26-,27+;16-,26-,27-;16-,27-,28+/m111/s1. The van der Waals surface area contributed by atoms with Gasteiger partial charge in [-0.2, -0.15) is 26.3 Å². The van der Waals surface area contributed by atoms with Crippen LogP contribution in [-0.4, -0.2) is 175 Å². The molecule has 6 aliphatic rings. The molecule has 3 aromatic heterocycles. The van der Waals surface area contributed by atoms with Crippen LogP contribution in [0.5, 0.6) is 0 Å². The van der Waals surface area contributed by atoms with Gasteiger partial charge < -0.3 is 45.0 Å². The highest BCUT2D eigenvalue weighted by atomic mass is 19.4. The monoisotopic (exact) mass is 1550 g/mol. The first-order chi connectivity index (χ1) is 52.4. The molecule has 0 aliphatic carbocycles. The van der Waals surface area contributed by atoms with Gasteiger partial charge in [-0.3, -0.25) is 14.7 Å². The van der Waals surface area contributed by atoms with Crippen molar-refractivity contribution in [2.75, 3.05) is 78.5 Å². The molecule has 594 valence electrons. The van der Waals surface area contributed by atoms with E-state index in [2.05, 4.69) is 50.4 Å². The van der Waals surface area contributed by atoms with E-state index in [4.69, 9.17) is 0 Å². The van der Waals surface area contributed by atoms with E-state index in [1.807, 2.05) is 55.5 Å². The van der Waals surface area contributed by atoms with Crippen LogP contribution in [0.4, 0.5) is 61.5 Å². The molecule has 9 aromatic rings. The van der Waals surface area contributed by atoms with Crippen molar-refractivity contribution in [2.45, 2.75) is 173 Å². The van der Waals surface area contributed by atoms with Crippen molar-refractivity contribution in [3.05, 3.63) is 211 Å². The van der Waals surface area contributed by atoms with Crippen LogP contribution in [0.1, 0.15) is 184 Å². The van der Waals surface area contributed by atoms with Gasteiger partial charge in [-0.05, 0) is 167 Å². The van der Waals surface area contributed by atoms with Crippen LogP contribution in [0, 0.1) is 52.7 Å². The Labute approximate surface area is 631 Å². The number of aliphatic hydroxyl groups excluding tert-OH is 3. The van der Waals surface area contributed by atoms with Gasteiger partial charge in [-0.1, -0.05) is 94.6 Å². The number of hydrogen-bond donors (Lipinski definition) is 6. The SMILES string of the molecule is CCCCN1CC([C@@H](O)c2cc(F)c([C@@H]3c4[nH]c5ccccc5c4C[C@@H](C)N3CC(F)(F)F)c(F)c2)C1.CCCCN1CC([C@@H](O)c2cc(F)c([C@@H]3c4[nH]c5ccccc5c4C[C@@H](C)N3CC(F)F)c(F)c2)C1.CCCCN1CC([C@H](O)c2cc(F)c([C@@H]3c4[nH]c5ccccc5c4C[C@@H](C)N3CC(F)(F)F)c(F)c2)C1. The van der Waals surface area contributed by atoms with Crippen molar-refractivity contribution in [2.24, 2.45) is 17.8 Å². The highest BCUT2D eigenvalue weighted by Gasteiger charge is 2.48. The topological polar surface area (TPSA) is 127 Å². The van der Waals surface area contributed by atoms with Crippen molar-refractivity contribution in [3.63, 3.8) is 0 Å². The van der Waals surface area contributed by atoms with Gasteiger partial charge in [0.05, 0.1) is 56.1 Å². The number of aliphatic hydroxyl groups is 3. The lowest BCUT2D eigenvalue weighted by Crippen LogP contribution is -2.49. The molecule has 26 heteroatoms. The van der Waals surface area contributed by atoms with Crippen LogP contribution in [0.2, 0.25) is 0 Å². The van der Waals surface area contributed by atoms with Gasteiger partial charge >= 0.3 is 12.4 Å². The quantitative estimate of drug-likeness (QED) is 0.0368. The van der Waals surface area contributed by atoms with E-state index in [1.54, 1.807) is 38.1 Å². The molecule has 0 saturated carbocycles. The fourth-order valence-corrected chi connectivity index (χ4v) is 17.9. The minimum Gasteiger partial charge on any atom is -0.388 e. The molecular formula is C84H97F14N9O3. The molecule has 3 fully saturated rings. The summed E-state index contributed by atoms with van der Waals surface area (Å²) in [5.74, 6) is -5.82. The predicted octanol–water partition coefficient (Wildman–Crippen LogP) is 18.0. The molecule has 3 saturated heterocycles. The van der Waals surface area contributed by atoms with Crippen LogP contribution in [0.25, 0.3) is 32.7 Å². The first-order valence-electron chi connectivity index (χ1n) is 38.6. The fraction of sp³-hybridized carbons (Fsp3) is 0.500. The molecule has 6 N–H and O–H groups in total. The Morgan fingerprint density at radius 2 is 0.655 bits per heavy atom. The third-order valence-corrected chi connectivity index (χ3v) is 23.6. The molecule has 0 bridgehead atoms. The summed E-state index contributed by atoms with van der Waals surface area (Å²) in [6.45, 7) is 15.0. The zero-order valence-corrected chi connectivity index (χ0v) is 62.6. The lowest BCUT2D eigenvalue weighted by atomic mass is 9.85. The molecule has 9 atom stereocenters. The van der Waals surface area contributed by atoms with Gasteiger partial charge in [0.15, 0.2) is 0 Å². The predicted molar refractivity (Wildman–Crippen MR) is 397 cm³/mol. The second-order valence-electron chi connectivity index (χ2n) is 31.4. The van der Waals surface area contributed by atoms with E-state index in [0.29, 0.717) is 86.6 Å². The molecular weight excluding hydrogens is 1450 g/mol. The Morgan fingerprint density at radius 3 is 0.909 bits per heavy atom. The van der Waals surface area contributed by atoms with Crippen molar-refractivity contribution in [1.29, 1.82) is 0 Å². The fourth-order valence-electron chi connectivity index (χ4n) is 17.9. The average Bonchev–Trinajstić information content (AvgIpc) is 1.54. The number of H-pyrrole nitrogens is 3. The maximum Gasteiger partial charge on any atom is 0.401 e. The van der Waals surface area contributed by atoms with Gasteiger partial charge in [0, 0.05) is 142 Å². The highest BCUT2D eigenvalue weighted by Crippen LogP contribution is 2.49. The Morgan fingerprint density at radius 1 is 0.400 bits per heavy atom. The maximum absolute atomic E-state index is 15.7. The zero-order valence-electron chi connectivity index (χ0n) is 62.6. The average molecular weight is 1550 g/mol. The number of unbranched alkanes of at least 4 members (excludes halogenated alkanes) is 3. The van der Waals surface area contributed by atoms with E-state index < -0.39 is 133 Å². The molecule has 6 aliphatic heterocycles. The van der Waals surface area contributed by atoms with Crippen LogP contribution < -0.4 is 0 Å². The summed E-state index contributed by atoms with van der Waals surface area (Å²) < 4.78 is 203. The Kier molecular flexibility index (Phi) is 24.4. The number of alkyl halides is 8. The first kappa shape index (κ1) is 80.6. The summed E-state index contributed by atoms with van der Waals surface area (Å²) in [7, 11) is 0. The molecule has 12 nitrogen and oxygen atoms in total. The summed E-state index contributed by atoms with van der Waals surface area (Å²) in [4.78, 5) is 19.9. The molecule has 9 heterocycles. The molecule has 110 heavy (non-hydrogen) atoms. The lowest BCUT2D eigenvalue weighted by molar-refractivity contribution is -0.156. The van der Waals surface area contributed by atoms with Crippen molar-refractivity contribution < 1.29 is 76.8 Å². The van der Waals surface area contributed by atoms with Crippen LogP contribution in [0.3, 0.4) is 0 Å². The van der Waals surface area contributed by atoms with Gasteiger partial charge in [-0.15, -0.1) is 0 Å². The number of nitrogens with one attached hydrogen (secondary N) is 3. The van der Waals surface area contributed by atoms with Crippen molar-refractivity contribution in [1.82, 2.24) is 44.4 Å². The number of benzene rings is 6. The molecule has 0 unspecified atom stereocenters. The summed E-state index contributed by atoms with van der Waals surface area (Å²) in [6.07, 6.45) is -7.30. The highest BCUT2D eigenvalue weighted by molar-refractivity contribution is 5.87. The second kappa shape index (κ2) is 33.3. The largest absolute Gasteiger partial charge is 0.401 e. The van der Waals surface area contributed by atoms with E-state index in [1.165, 1.54) is 17.0 Å². The molecule has 6 aromatic carbocycles. The van der Waals surface area contributed by atoms with Gasteiger partial charge in [0.2, 0.25) is 0 Å². The Bertz CT molecular complexity index is 4410. The van der Waals surface area contributed by atoms with E-state index in [0.717, 1.165) is 131 Å². The van der Waals surface area contributed by atoms with Gasteiger partial charge in [-0.25, -0.2) is 35.1 Å². The number of para-hydroxylation sites is 3. The van der Waals surface area contributed by atoms with Crippen LogP contribution in [-0.2, 0) is 19.3 Å². The molecule has 0 amide bonds. The zero-order chi connectivity index (χ0) is 78.5. The number of hydrogen-bond acceptors (Lipinski definition) is 9. The van der Waals surface area contributed by atoms with Crippen molar-refractivity contribution in [3.8, 4) is 0 Å². The number of fused-ring (bicyclic) bond motifs is 9. The van der Waals surface area contributed by atoms with Crippen LogP contribution >= 0.6 is 0 Å². The van der Waals surface area contributed by atoms with Crippen molar-refractivity contribution >= 4 is 32.7 Å². The number of aromatic amines is 3. The van der Waals surface area contributed by atoms with Crippen LogP contribution in [0.15, 0.2) is 109 Å². The molecule has 15 rings (SSSR count). The summed E-state index contributed by atoms with van der Waals surface area (Å²) in [6, 6.07) is 23.7. The third-order valence-electron chi connectivity index (χ3n) is 23.6. The lowest BCUT2D eigenvalue weighted by Gasteiger charge is -2.42. The number of aromatic nitrogens is 3. The minimum absolute atomic E-state index is 0.0863. The minimum atomic E-state index is -4.55. The smallest absolute Gasteiger partial charge is 0.388 e. The summed E-state index contributed by atoms with van der Waals surface area (Å²) >= 11 is 0. The number of nitrogens with zero attached hydrogens (tertiary/aromatic N) is 6. The van der Waals surface area contributed by atoms with Gasteiger partial charge in [0.25, 0.3) is 6.43 Å². The Hall–Kier alpha value is -7.40. The second-order valence-corrected chi connectivity index (χ2v) is 31.4. The van der Waals surface area contributed by atoms with E-state index in [-0.39, 0.29) is 46.0 Å². The van der Waals surface area contributed by atoms with E-state index in [9.17, 15) is 50.4 Å². The molecule has 0 spiro atoms. The van der Waals surface area contributed by atoms with Gasteiger partial charge in [0.1, 0.15) is 34.9 Å². The summed E-state index contributed by atoms with van der Waals surface area (Å²) in [5, 5.41) is 35.1. The molecule has 0 radical (unpaired) electrons. The number of halogens is 14. The van der Waals surface area contributed by atoms with E-state index >= 15 is 26.3 Å².